The molecular formula is C14H19N. The molecule has 0 radical (unpaired) electrons. The summed E-state index contributed by atoms with van der Waals surface area (Å²) in [5, 5.41) is 0. The van der Waals surface area contributed by atoms with Gasteiger partial charge in [0.05, 0.1) is 0 Å². The minimum Gasteiger partial charge on any atom is -0.309 e. The van der Waals surface area contributed by atoms with Gasteiger partial charge in [0.2, 0.25) is 0 Å². The van der Waals surface area contributed by atoms with Crippen molar-refractivity contribution in [1.82, 2.24) is 4.90 Å². The van der Waals surface area contributed by atoms with E-state index in [0.29, 0.717) is 0 Å². The van der Waals surface area contributed by atoms with Crippen LogP contribution < -0.4 is 0 Å². The number of fused-ring (bicyclic) bond motifs is 5. The predicted octanol–water partition coefficient (Wildman–Crippen LogP) is 2.84. The van der Waals surface area contributed by atoms with E-state index in [1.807, 2.05) is 0 Å². The molecule has 1 saturated carbocycles. The highest BCUT2D eigenvalue weighted by atomic mass is 15.1. The van der Waals surface area contributed by atoms with Gasteiger partial charge in [-0.1, -0.05) is 24.3 Å². The lowest BCUT2D eigenvalue weighted by Crippen LogP contribution is -2.25. The first-order valence-electron chi connectivity index (χ1n) is 5.99. The summed E-state index contributed by atoms with van der Waals surface area (Å²) in [5.74, 6) is 2.63. The normalized spacial score (nSPS) is 32.3. The minimum absolute atomic E-state index is 0.855. The van der Waals surface area contributed by atoms with E-state index in [1.165, 1.54) is 19.4 Å². The Kier molecular flexibility index (Phi) is 2.10. The zero-order valence-corrected chi connectivity index (χ0v) is 9.61. The summed E-state index contributed by atoms with van der Waals surface area (Å²) >= 11 is 0. The van der Waals surface area contributed by atoms with Gasteiger partial charge in [-0.3, -0.25) is 0 Å². The summed E-state index contributed by atoms with van der Waals surface area (Å²) < 4.78 is 0. The number of hydrogen-bond donors (Lipinski definition) is 0. The molecule has 0 heterocycles. The molecule has 3 unspecified atom stereocenters. The molecule has 1 aromatic carbocycles. The molecule has 1 aromatic rings. The highest BCUT2D eigenvalue weighted by Crippen LogP contribution is 2.55. The second-order valence-corrected chi connectivity index (χ2v) is 5.43. The van der Waals surface area contributed by atoms with E-state index in [2.05, 4.69) is 43.3 Å². The van der Waals surface area contributed by atoms with Crippen molar-refractivity contribution in [3.8, 4) is 0 Å². The Morgan fingerprint density at radius 2 is 1.87 bits per heavy atom. The zero-order chi connectivity index (χ0) is 10.4. The standard InChI is InChI=1S/C14H19N/c1-15(2)9-11-7-10-8-14(11)13-6-4-3-5-12(10)13/h3-6,10-11,14H,7-9H2,1-2H3. The van der Waals surface area contributed by atoms with Gasteiger partial charge < -0.3 is 4.90 Å². The molecule has 1 fully saturated rings. The molecule has 0 N–H and O–H groups in total. The van der Waals surface area contributed by atoms with Crippen LogP contribution in [0.15, 0.2) is 24.3 Å². The van der Waals surface area contributed by atoms with Crippen molar-refractivity contribution in [1.29, 1.82) is 0 Å². The summed E-state index contributed by atoms with van der Waals surface area (Å²) in [6.07, 6.45) is 2.83. The molecule has 2 aliphatic carbocycles. The second-order valence-electron chi connectivity index (χ2n) is 5.43. The van der Waals surface area contributed by atoms with Crippen molar-refractivity contribution < 1.29 is 0 Å². The van der Waals surface area contributed by atoms with Crippen LogP contribution in [-0.4, -0.2) is 25.5 Å². The quantitative estimate of drug-likeness (QED) is 0.711. The summed E-state index contributed by atoms with van der Waals surface area (Å²) in [7, 11) is 4.38. The van der Waals surface area contributed by atoms with E-state index in [-0.39, 0.29) is 0 Å². The Morgan fingerprint density at radius 3 is 2.60 bits per heavy atom. The van der Waals surface area contributed by atoms with Gasteiger partial charge >= 0.3 is 0 Å². The van der Waals surface area contributed by atoms with Crippen molar-refractivity contribution >= 4 is 0 Å². The largest absolute Gasteiger partial charge is 0.309 e. The van der Waals surface area contributed by atoms with Gasteiger partial charge in [0.1, 0.15) is 0 Å². The summed E-state index contributed by atoms with van der Waals surface area (Å²) in [4.78, 5) is 2.34. The van der Waals surface area contributed by atoms with Crippen molar-refractivity contribution in [3.63, 3.8) is 0 Å². The summed E-state index contributed by atoms with van der Waals surface area (Å²) in [6, 6.07) is 9.08. The fourth-order valence-corrected chi connectivity index (χ4v) is 3.65. The molecule has 0 aromatic heterocycles. The van der Waals surface area contributed by atoms with E-state index in [1.54, 1.807) is 11.1 Å². The van der Waals surface area contributed by atoms with Crippen LogP contribution in [0.4, 0.5) is 0 Å². The fourth-order valence-electron chi connectivity index (χ4n) is 3.65. The van der Waals surface area contributed by atoms with Crippen LogP contribution in [0.25, 0.3) is 0 Å². The molecule has 0 aliphatic heterocycles. The number of rotatable bonds is 2. The Balaban J connectivity index is 1.88. The van der Waals surface area contributed by atoms with E-state index >= 15 is 0 Å². The molecule has 3 atom stereocenters. The van der Waals surface area contributed by atoms with Crippen LogP contribution in [-0.2, 0) is 0 Å². The molecule has 2 bridgehead atoms. The Labute approximate surface area is 92.1 Å². The highest BCUT2D eigenvalue weighted by Gasteiger charge is 2.43. The lowest BCUT2D eigenvalue weighted by Gasteiger charge is -2.26. The van der Waals surface area contributed by atoms with Gasteiger partial charge in [0.15, 0.2) is 0 Å². The van der Waals surface area contributed by atoms with E-state index in [4.69, 9.17) is 0 Å². The SMILES string of the molecule is CN(C)CC1CC2CC1c1ccccc12. The molecule has 0 saturated heterocycles. The fraction of sp³-hybridized carbons (Fsp3) is 0.571. The average Bonchev–Trinajstić information content (AvgIpc) is 2.75. The highest BCUT2D eigenvalue weighted by molar-refractivity contribution is 5.41. The lowest BCUT2D eigenvalue weighted by molar-refractivity contribution is 0.304. The van der Waals surface area contributed by atoms with Crippen molar-refractivity contribution in [2.24, 2.45) is 5.92 Å². The van der Waals surface area contributed by atoms with Gasteiger partial charge in [0, 0.05) is 6.54 Å². The maximum atomic E-state index is 2.35. The Bertz CT molecular complexity index is 369. The molecule has 1 nitrogen and oxygen atoms in total. The number of nitrogens with zero attached hydrogens (tertiary/aromatic N) is 1. The second kappa shape index (κ2) is 3.34. The third-order valence-electron chi connectivity index (χ3n) is 4.13. The van der Waals surface area contributed by atoms with Crippen LogP contribution in [0.2, 0.25) is 0 Å². The predicted molar refractivity (Wildman–Crippen MR) is 63.2 cm³/mol. The van der Waals surface area contributed by atoms with Gasteiger partial charge in [-0.2, -0.15) is 0 Å². The van der Waals surface area contributed by atoms with E-state index in [0.717, 1.165) is 17.8 Å². The topological polar surface area (TPSA) is 3.24 Å². The lowest BCUT2D eigenvalue weighted by atomic mass is 9.83. The van der Waals surface area contributed by atoms with Crippen LogP contribution in [0, 0.1) is 5.92 Å². The first kappa shape index (κ1) is 9.41. The number of hydrogen-bond acceptors (Lipinski definition) is 1. The first-order valence-corrected chi connectivity index (χ1v) is 5.99. The first-order chi connectivity index (χ1) is 7.25. The van der Waals surface area contributed by atoms with Gasteiger partial charge in [0.25, 0.3) is 0 Å². The molecular weight excluding hydrogens is 182 g/mol. The maximum Gasteiger partial charge on any atom is 0.000963 e. The minimum atomic E-state index is 0.855. The zero-order valence-electron chi connectivity index (χ0n) is 9.61. The summed E-state index contributed by atoms with van der Waals surface area (Å²) in [6.45, 7) is 1.26. The molecule has 0 spiro atoms. The van der Waals surface area contributed by atoms with Crippen molar-refractivity contribution in [2.75, 3.05) is 20.6 Å². The average molecular weight is 201 g/mol. The van der Waals surface area contributed by atoms with Crippen molar-refractivity contribution in [3.05, 3.63) is 35.4 Å². The van der Waals surface area contributed by atoms with Crippen LogP contribution in [0.1, 0.15) is 35.8 Å². The molecule has 2 aliphatic rings. The molecule has 3 rings (SSSR count). The molecule has 0 amide bonds. The van der Waals surface area contributed by atoms with E-state index in [9.17, 15) is 0 Å². The van der Waals surface area contributed by atoms with Crippen LogP contribution in [0.3, 0.4) is 0 Å². The Hall–Kier alpha value is -0.820. The third kappa shape index (κ3) is 1.41. The van der Waals surface area contributed by atoms with E-state index < -0.39 is 0 Å². The number of benzene rings is 1. The van der Waals surface area contributed by atoms with Crippen molar-refractivity contribution in [2.45, 2.75) is 24.7 Å². The third-order valence-corrected chi connectivity index (χ3v) is 4.13. The van der Waals surface area contributed by atoms with Gasteiger partial charge in [-0.25, -0.2) is 0 Å². The Morgan fingerprint density at radius 1 is 1.13 bits per heavy atom. The monoisotopic (exact) mass is 201 g/mol. The van der Waals surface area contributed by atoms with Gasteiger partial charge in [-0.15, -0.1) is 0 Å². The smallest absolute Gasteiger partial charge is 0.000963 e. The maximum absolute atomic E-state index is 2.35. The molecule has 80 valence electrons. The van der Waals surface area contributed by atoms with Crippen LogP contribution in [0.5, 0.6) is 0 Å². The van der Waals surface area contributed by atoms with Gasteiger partial charge in [-0.05, 0) is 55.8 Å². The molecule has 15 heavy (non-hydrogen) atoms. The summed E-state index contributed by atoms with van der Waals surface area (Å²) in [5.41, 5.74) is 3.30. The van der Waals surface area contributed by atoms with Crippen LogP contribution >= 0.6 is 0 Å². The molecule has 1 heteroatoms.